The number of piperazine rings is 1. The van der Waals surface area contributed by atoms with E-state index in [-0.39, 0.29) is 5.54 Å². The Morgan fingerprint density at radius 1 is 1.13 bits per heavy atom. The average molecular weight is 620 g/mol. The van der Waals surface area contributed by atoms with Crippen LogP contribution >= 0.6 is 0 Å². The molecule has 46 heavy (non-hydrogen) atoms. The summed E-state index contributed by atoms with van der Waals surface area (Å²) < 4.78 is 12.9. The number of aromatic nitrogens is 2. The summed E-state index contributed by atoms with van der Waals surface area (Å²) in [6.07, 6.45) is 4.72. The first kappa shape index (κ1) is 29.7. The molecule has 240 valence electrons. The lowest BCUT2D eigenvalue weighted by atomic mass is 9.81. The van der Waals surface area contributed by atoms with Crippen LogP contribution in [0.4, 0.5) is 5.82 Å². The second-order valence-corrected chi connectivity index (χ2v) is 14.6. The number of benzene rings is 2. The number of allylic oxidation sites excluding steroid dienone is 2. The van der Waals surface area contributed by atoms with Gasteiger partial charge in [-0.2, -0.15) is 15.2 Å². The highest BCUT2D eigenvalue weighted by Gasteiger charge is 2.48. The molecule has 4 atom stereocenters. The molecule has 3 aromatic rings. The normalized spacial score (nSPS) is 27.3. The van der Waals surface area contributed by atoms with E-state index in [0.717, 1.165) is 93.8 Å². The molecule has 9 nitrogen and oxygen atoms in total. The van der Waals surface area contributed by atoms with Gasteiger partial charge in [-0.1, -0.05) is 19.1 Å². The standard InChI is InChI=1S/C37H45N7O2/c1-20-12-37(9-6-10-43(37)16-20)19-46-36-41-34-23(4)32(31-22(3)8-7-21(2)30(31)27(13-38)24(5)39)28-17-45-18-29(28)33(34)35(42-36)44-25-11-26(44)15-40-14-25/h7-8,20,25-26,40H,6,9-12,14-19,39H2,1-5H3/b27-24+/t20-,25?,26?,37+/m1/s1. The summed E-state index contributed by atoms with van der Waals surface area (Å²) in [5.41, 5.74) is 16.9. The Kier molecular flexibility index (Phi) is 7.05. The Labute approximate surface area is 271 Å². The number of aryl methyl sites for hydroxylation is 3. The van der Waals surface area contributed by atoms with Gasteiger partial charge in [0.15, 0.2) is 0 Å². The number of rotatable bonds is 6. The molecule has 0 spiro atoms. The second kappa shape index (κ2) is 10.9. The average Bonchev–Trinajstić information content (AvgIpc) is 3.74. The molecule has 3 N–H and O–H groups in total. The summed E-state index contributed by atoms with van der Waals surface area (Å²) in [5, 5.41) is 15.0. The Bertz CT molecular complexity index is 1830. The predicted molar refractivity (Wildman–Crippen MR) is 180 cm³/mol. The van der Waals surface area contributed by atoms with Gasteiger partial charge in [0.1, 0.15) is 18.5 Å². The van der Waals surface area contributed by atoms with Crippen molar-refractivity contribution in [2.24, 2.45) is 11.7 Å². The number of ether oxygens (including phenoxy) is 2. The van der Waals surface area contributed by atoms with Crippen LogP contribution in [0, 0.1) is 38.0 Å². The SMILES string of the molecule is C/C(N)=C(/C#N)c1c(C)ccc(C)c1-c1c2c(c3c(N4C5CNCC4C5)nc(OC[C@@]45CCCN4C[C@H](C)C5)nc3c1C)COC2. The van der Waals surface area contributed by atoms with Crippen LogP contribution in [0.1, 0.15) is 72.9 Å². The fourth-order valence-electron chi connectivity index (χ4n) is 9.43. The topological polar surface area (TPSA) is 113 Å². The number of fused-ring (bicyclic) bond motifs is 6. The smallest absolute Gasteiger partial charge is 0.319 e. The summed E-state index contributed by atoms with van der Waals surface area (Å²) in [6, 6.07) is 7.92. The highest BCUT2D eigenvalue weighted by atomic mass is 16.5. The third kappa shape index (κ3) is 4.37. The lowest BCUT2D eigenvalue weighted by molar-refractivity contribution is 0.107. The van der Waals surface area contributed by atoms with Gasteiger partial charge >= 0.3 is 6.01 Å². The van der Waals surface area contributed by atoms with E-state index in [2.05, 4.69) is 61.0 Å². The fourth-order valence-corrected chi connectivity index (χ4v) is 9.43. The molecule has 1 aromatic heterocycles. The number of nitriles is 1. The molecule has 4 saturated heterocycles. The first-order valence-electron chi connectivity index (χ1n) is 17.0. The zero-order valence-electron chi connectivity index (χ0n) is 27.8. The van der Waals surface area contributed by atoms with Crippen LogP contribution < -0.4 is 20.7 Å². The van der Waals surface area contributed by atoms with Crippen molar-refractivity contribution in [2.45, 2.75) is 91.1 Å². The molecule has 4 fully saturated rings. The molecule has 2 bridgehead atoms. The lowest BCUT2D eigenvalue weighted by Crippen LogP contribution is -2.68. The fraction of sp³-hybridized carbons (Fsp3) is 0.541. The Hall–Kier alpha value is -3.71. The molecule has 0 amide bonds. The number of hydrogen-bond acceptors (Lipinski definition) is 9. The van der Waals surface area contributed by atoms with Crippen LogP contribution in [0.5, 0.6) is 6.01 Å². The molecule has 8 rings (SSSR count). The first-order valence-corrected chi connectivity index (χ1v) is 17.0. The minimum atomic E-state index is 0.0781. The summed E-state index contributed by atoms with van der Waals surface area (Å²) in [4.78, 5) is 15.7. The number of hydrogen-bond donors (Lipinski definition) is 2. The van der Waals surface area contributed by atoms with Gasteiger partial charge < -0.3 is 25.4 Å². The first-order chi connectivity index (χ1) is 22.2. The van der Waals surface area contributed by atoms with Crippen LogP contribution in [0.3, 0.4) is 0 Å². The summed E-state index contributed by atoms with van der Waals surface area (Å²) >= 11 is 0. The van der Waals surface area contributed by atoms with Crippen molar-refractivity contribution in [3.63, 3.8) is 0 Å². The molecule has 0 radical (unpaired) electrons. The number of nitrogens with one attached hydrogen (secondary N) is 1. The van der Waals surface area contributed by atoms with E-state index in [4.69, 9.17) is 25.2 Å². The monoisotopic (exact) mass is 619 g/mol. The molecular formula is C37H45N7O2. The highest BCUT2D eigenvalue weighted by Crippen LogP contribution is 2.49. The van der Waals surface area contributed by atoms with E-state index in [0.29, 0.717) is 55.1 Å². The van der Waals surface area contributed by atoms with Gasteiger partial charge in [-0.3, -0.25) is 4.90 Å². The molecule has 2 aromatic carbocycles. The second-order valence-electron chi connectivity index (χ2n) is 14.6. The van der Waals surface area contributed by atoms with Crippen molar-refractivity contribution < 1.29 is 9.47 Å². The van der Waals surface area contributed by atoms with Crippen molar-refractivity contribution in [3.8, 4) is 23.2 Å². The van der Waals surface area contributed by atoms with Gasteiger partial charge in [-0.15, -0.1) is 0 Å². The van der Waals surface area contributed by atoms with Crippen LogP contribution in [0.25, 0.3) is 27.6 Å². The van der Waals surface area contributed by atoms with E-state index in [1.807, 2.05) is 6.92 Å². The molecule has 0 aliphatic carbocycles. The third-order valence-electron chi connectivity index (χ3n) is 11.5. The maximum Gasteiger partial charge on any atom is 0.319 e. The zero-order chi connectivity index (χ0) is 31.9. The number of nitrogens with zero attached hydrogens (tertiary/aromatic N) is 5. The zero-order valence-corrected chi connectivity index (χ0v) is 27.8. The minimum Gasteiger partial charge on any atom is -0.461 e. The van der Waals surface area contributed by atoms with Gasteiger partial charge in [-0.05, 0) is 105 Å². The number of piperidine rings is 1. The molecular weight excluding hydrogens is 574 g/mol. The van der Waals surface area contributed by atoms with Crippen molar-refractivity contribution in [2.75, 3.05) is 37.7 Å². The Balaban J connectivity index is 1.35. The molecule has 6 heterocycles. The lowest BCUT2D eigenvalue weighted by Gasteiger charge is -2.54. The molecule has 9 heteroatoms. The number of nitrogens with two attached hydrogens (primary N) is 1. The van der Waals surface area contributed by atoms with Crippen LogP contribution in [-0.4, -0.2) is 65.3 Å². The van der Waals surface area contributed by atoms with E-state index < -0.39 is 0 Å². The van der Waals surface area contributed by atoms with E-state index in [9.17, 15) is 5.26 Å². The van der Waals surface area contributed by atoms with E-state index >= 15 is 0 Å². The van der Waals surface area contributed by atoms with Crippen LogP contribution in [0.15, 0.2) is 17.8 Å². The maximum absolute atomic E-state index is 10.3. The van der Waals surface area contributed by atoms with Crippen molar-refractivity contribution in [1.29, 1.82) is 5.26 Å². The summed E-state index contributed by atoms with van der Waals surface area (Å²) in [5.74, 6) is 1.66. The van der Waals surface area contributed by atoms with Gasteiger partial charge in [0.05, 0.1) is 29.8 Å². The molecule has 0 saturated carbocycles. The Morgan fingerprint density at radius 3 is 2.63 bits per heavy atom. The highest BCUT2D eigenvalue weighted by molar-refractivity contribution is 6.03. The van der Waals surface area contributed by atoms with Crippen LogP contribution in [-0.2, 0) is 18.0 Å². The molecule has 5 aliphatic rings. The molecule has 2 unspecified atom stereocenters. The van der Waals surface area contributed by atoms with Crippen molar-refractivity contribution >= 4 is 22.3 Å². The largest absolute Gasteiger partial charge is 0.461 e. The van der Waals surface area contributed by atoms with E-state index in [1.165, 1.54) is 19.3 Å². The predicted octanol–water partition coefficient (Wildman–Crippen LogP) is 5.27. The van der Waals surface area contributed by atoms with Crippen molar-refractivity contribution in [1.82, 2.24) is 20.2 Å². The van der Waals surface area contributed by atoms with Gasteiger partial charge in [-0.25, -0.2) is 0 Å². The van der Waals surface area contributed by atoms with Gasteiger partial charge in [0.25, 0.3) is 0 Å². The maximum atomic E-state index is 10.3. The van der Waals surface area contributed by atoms with Crippen molar-refractivity contribution in [3.05, 3.63) is 51.2 Å². The van der Waals surface area contributed by atoms with Gasteiger partial charge in [0, 0.05) is 48.4 Å². The summed E-state index contributed by atoms with van der Waals surface area (Å²) in [6.45, 7) is 16.3. The summed E-state index contributed by atoms with van der Waals surface area (Å²) in [7, 11) is 0. The third-order valence-corrected chi connectivity index (χ3v) is 11.5. The minimum absolute atomic E-state index is 0.0781. The molecule has 5 aliphatic heterocycles. The Morgan fingerprint density at radius 2 is 1.89 bits per heavy atom. The van der Waals surface area contributed by atoms with E-state index in [1.54, 1.807) is 0 Å². The number of anilines is 1. The van der Waals surface area contributed by atoms with Crippen LogP contribution in [0.2, 0.25) is 0 Å². The quantitative estimate of drug-likeness (QED) is 0.357. The van der Waals surface area contributed by atoms with Gasteiger partial charge in [0.2, 0.25) is 0 Å².